The van der Waals surface area contributed by atoms with Crippen molar-refractivity contribution in [3.05, 3.63) is 35.4 Å². The van der Waals surface area contributed by atoms with Gasteiger partial charge in [-0.1, -0.05) is 12.1 Å². The monoisotopic (exact) mass is 387 g/mol. The van der Waals surface area contributed by atoms with Gasteiger partial charge >= 0.3 is 0 Å². The van der Waals surface area contributed by atoms with Gasteiger partial charge in [0.15, 0.2) is 5.78 Å². The second-order valence-electron chi connectivity index (χ2n) is 8.21. The largest absolute Gasteiger partial charge is 0.396 e. The predicted molar refractivity (Wildman–Crippen MR) is 110 cm³/mol. The highest BCUT2D eigenvalue weighted by Gasteiger charge is 2.35. The van der Waals surface area contributed by atoms with Crippen LogP contribution in [0.15, 0.2) is 24.3 Å². The first kappa shape index (κ1) is 21.0. The molecule has 0 unspecified atom stereocenters. The van der Waals surface area contributed by atoms with Crippen LogP contribution in [0.25, 0.3) is 0 Å². The highest BCUT2D eigenvalue weighted by molar-refractivity contribution is 5.97. The number of aliphatic hydroxyl groups is 1. The van der Waals surface area contributed by atoms with E-state index in [4.69, 9.17) is 0 Å². The molecule has 2 saturated heterocycles. The highest BCUT2D eigenvalue weighted by Crippen LogP contribution is 2.28. The summed E-state index contributed by atoms with van der Waals surface area (Å²) >= 11 is 0. The van der Waals surface area contributed by atoms with Crippen molar-refractivity contribution >= 4 is 11.7 Å². The zero-order valence-electron chi connectivity index (χ0n) is 17.1. The fraction of sp³-hybridized carbons (Fsp3) is 0.636. The van der Waals surface area contributed by atoms with Crippen molar-refractivity contribution < 1.29 is 14.7 Å². The predicted octanol–water partition coefficient (Wildman–Crippen LogP) is 1.74. The Kier molecular flexibility index (Phi) is 7.21. The number of carbonyl (C=O) groups excluding carboxylic acids is 2. The molecule has 0 aliphatic carbocycles. The molecular formula is C22H33N3O3. The average molecular weight is 388 g/mol. The highest BCUT2D eigenvalue weighted by atomic mass is 16.3. The lowest BCUT2D eigenvalue weighted by Gasteiger charge is -2.46. The maximum atomic E-state index is 13.0. The van der Waals surface area contributed by atoms with Gasteiger partial charge in [0.1, 0.15) is 0 Å². The minimum Gasteiger partial charge on any atom is -0.396 e. The van der Waals surface area contributed by atoms with E-state index < -0.39 is 0 Å². The van der Waals surface area contributed by atoms with Crippen molar-refractivity contribution in [2.24, 2.45) is 5.92 Å². The second-order valence-corrected chi connectivity index (χ2v) is 8.21. The van der Waals surface area contributed by atoms with Crippen molar-refractivity contribution in [2.75, 3.05) is 52.9 Å². The molecule has 2 aliphatic heterocycles. The van der Waals surface area contributed by atoms with Crippen LogP contribution in [-0.2, 0) is 0 Å². The van der Waals surface area contributed by atoms with Crippen molar-refractivity contribution in [3.63, 3.8) is 0 Å². The number of likely N-dealkylation sites (tertiary alicyclic amines) is 1. The molecule has 0 bridgehead atoms. The fourth-order valence-electron chi connectivity index (χ4n) is 4.51. The Balaban J connectivity index is 1.67. The number of nitrogens with zero attached hydrogens (tertiary/aromatic N) is 3. The number of ketones is 1. The lowest BCUT2D eigenvalue weighted by atomic mass is 9.86. The third-order valence-electron chi connectivity index (χ3n) is 6.26. The molecule has 1 aromatic rings. The molecule has 2 heterocycles. The average Bonchev–Trinajstić information content (AvgIpc) is 2.72. The molecule has 6 heteroatoms. The summed E-state index contributed by atoms with van der Waals surface area (Å²) in [6.07, 6.45) is 2.71. The fourth-order valence-corrected chi connectivity index (χ4v) is 4.51. The summed E-state index contributed by atoms with van der Waals surface area (Å²) in [6.45, 7) is 7.58. The van der Waals surface area contributed by atoms with E-state index in [-0.39, 0.29) is 18.3 Å². The molecule has 1 amide bonds. The zero-order chi connectivity index (χ0) is 20.1. The van der Waals surface area contributed by atoms with Gasteiger partial charge in [-0.3, -0.25) is 14.5 Å². The molecule has 2 fully saturated rings. The van der Waals surface area contributed by atoms with Crippen LogP contribution in [0, 0.1) is 5.92 Å². The van der Waals surface area contributed by atoms with Crippen LogP contribution in [0.1, 0.15) is 46.9 Å². The number of carbonyl (C=O) groups is 2. The molecule has 154 valence electrons. The quantitative estimate of drug-likeness (QED) is 0.754. The van der Waals surface area contributed by atoms with Gasteiger partial charge in [-0.2, -0.15) is 0 Å². The Bertz CT molecular complexity index is 668. The number of rotatable bonds is 6. The molecule has 0 radical (unpaired) electrons. The minimum absolute atomic E-state index is 0.0102. The maximum Gasteiger partial charge on any atom is 0.253 e. The summed E-state index contributed by atoms with van der Waals surface area (Å²) in [7, 11) is 2.17. The number of aliphatic hydroxyl groups excluding tert-OH is 1. The topological polar surface area (TPSA) is 64.1 Å². The number of piperidine rings is 1. The van der Waals surface area contributed by atoms with Crippen LogP contribution >= 0.6 is 0 Å². The smallest absolute Gasteiger partial charge is 0.253 e. The Labute approximate surface area is 168 Å². The van der Waals surface area contributed by atoms with Crippen LogP contribution in [0.2, 0.25) is 0 Å². The van der Waals surface area contributed by atoms with E-state index in [1.54, 1.807) is 24.3 Å². The molecule has 0 aromatic heterocycles. The van der Waals surface area contributed by atoms with Crippen LogP contribution in [0.4, 0.5) is 0 Å². The molecule has 3 rings (SSSR count). The van der Waals surface area contributed by atoms with Gasteiger partial charge in [-0.15, -0.1) is 0 Å². The lowest BCUT2D eigenvalue weighted by molar-refractivity contribution is 0.0218. The van der Waals surface area contributed by atoms with Crippen molar-refractivity contribution in [3.8, 4) is 0 Å². The third-order valence-corrected chi connectivity index (χ3v) is 6.26. The Morgan fingerprint density at radius 2 is 1.68 bits per heavy atom. The SMILES string of the molecule is CC(=O)c1ccc(C(=O)N2CC[C@@H](N3CCN(C)CC3)[C@@H](CCCO)C2)cc1. The summed E-state index contributed by atoms with van der Waals surface area (Å²) in [4.78, 5) is 31.4. The molecule has 2 aliphatic rings. The summed E-state index contributed by atoms with van der Waals surface area (Å²) < 4.78 is 0. The summed E-state index contributed by atoms with van der Waals surface area (Å²) in [5.74, 6) is 0.446. The Morgan fingerprint density at radius 3 is 2.29 bits per heavy atom. The van der Waals surface area contributed by atoms with Crippen molar-refractivity contribution in [2.45, 2.75) is 32.2 Å². The van der Waals surface area contributed by atoms with Crippen molar-refractivity contribution in [1.29, 1.82) is 0 Å². The van der Waals surface area contributed by atoms with Gasteiger partial charge in [0.25, 0.3) is 5.91 Å². The zero-order valence-corrected chi connectivity index (χ0v) is 17.1. The van der Waals surface area contributed by atoms with Crippen LogP contribution in [0.3, 0.4) is 0 Å². The molecule has 1 N–H and O–H groups in total. The van der Waals surface area contributed by atoms with E-state index in [0.717, 1.165) is 58.5 Å². The van der Waals surface area contributed by atoms with E-state index in [0.29, 0.717) is 23.1 Å². The first-order valence-corrected chi connectivity index (χ1v) is 10.4. The minimum atomic E-state index is 0.0102. The molecule has 6 nitrogen and oxygen atoms in total. The van der Waals surface area contributed by atoms with Gasteiger partial charge in [0, 0.05) is 63.0 Å². The standard InChI is InChI=1S/C22H33N3O3/c1-17(27)18-5-7-19(8-6-18)22(28)25-10-9-21(20(16-25)4-3-15-26)24-13-11-23(2)12-14-24/h5-8,20-21,26H,3-4,9-16H2,1-2H3/t20-,21+/m0/s1. The van der Waals surface area contributed by atoms with E-state index in [1.807, 2.05) is 4.90 Å². The van der Waals surface area contributed by atoms with E-state index in [1.165, 1.54) is 6.92 Å². The number of piperazine rings is 1. The molecular weight excluding hydrogens is 354 g/mol. The van der Waals surface area contributed by atoms with E-state index in [9.17, 15) is 14.7 Å². The summed E-state index contributed by atoms with van der Waals surface area (Å²) in [5, 5.41) is 9.32. The van der Waals surface area contributed by atoms with Crippen LogP contribution in [-0.4, -0.2) is 90.5 Å². The molecule has 1 aromatic carbocycles. The number of hydrogen-bond acceptors (Lipinski definition) is 5. The number of hydrogen-bond donors (Lipinski definition) is 1. The van der Waals surface area contributed by atoms with E-state index in [2.05, 4.69) is 16.8 Å². The third kappa shape index (κ3) is 4.99. The van der Waals surface area contributed by atoms with Gasteiger partial charge < -0.3 is 14.9 Å². The second kappa shape index (κ2) is 9.63. The molecule has 28 heavy (non-hydrogen) atoms. The molecule has 0 saturated carbocycles. The van der Waals surface area contributed by atoms with Crippen LogP contribution < -0.4 is 0 Å². The Hall–Kier alpha value is -1.76. The number of amides is 1. The van der Waals surface area contributed by atoms with E-state index >= 15 is 0 Å². The molecule has 2 atom stereocenters. The van der Waals surface area contributed by atoms with Gasteiger partial charge in [0.05, 0.1) is 0 Å². The maximum absolute atomic E-state index is 13.0. The van der Waals surface area contributed by atoms with Crippen molar-refractivity contribution in [1.82, 2.24) is 14.7 Å². The lowest BCUT2D eigenvalue weighted by Crippen LogP contribution is -2.56. The Morgan fingerprint density at radius 1 is 1.04 bits per heavy atom. The number of likely N-dealkylation sites (N-methyl/N-ethyl adjacent to an activating group) is 1. The summed E-state index contributed by atoms with van der Waals surface area (Å²) in [6, 6.07) is 7.47. The van der Waals surface area contributed by atoms with Gasteiger partial charge in [-0.25, -0.2) is 0 Å². The van der Waals surface area contributed by atoms with Gasteiger partial charge in [-0.05, 0) is 51.3 Å². The first-order valence-electron chi connectivity index (χ1n) is 10.4. The summed E-state index contributed by atoms with van der Waals surface area (Å²) in [5.41, 5.74) is 1.27. The molecule has 0 spiro atoms. The van der Waals surface area contributed by atoms with Crippen LogP contribution in [0.5, 0.6) is 0 Å². The number of benzene rings is 1. The normalized spacial score (nSPS) is 24.3. The van der Waals surface area contributed by atoms with Gasteiger partial charge in [0.2, 0.25) is 0 Å². The number of Topliss-reactive ketones (excluding diaryl/α,β-unsaturated/α-hetero) is 1. The first-order chi connectivity index (χ1) is 13.5.